The van der Waals surface area contributed by atoms with Gasteiger partial charge in [0.05, 0.1) is 38.6 Å². The van der Waals surface area contributed by atoms with E-state index in [4.69, 9.17) is 11.6 Å². The first kappa shape index (κ1) is 20.0. The molecule has 10 heteroatoms. The van der Waals surface area contributed by atoms with E-state index in [0.717, 1.165) is 4.90 Å². The second kappa shape index (κ2) is 7.51. The number of alkyl halides is 1. The fraction of sp³-hybridized carbons (Fsp3) is 0.0500. The zero-order chi connectivity index (χ0) is 21.5. The number of hydrogen-bond acceptors (Lipinski definition) is 5. The van der Waals surface area contributed by atoms with Gasteiger partial charge in [-0.3, -0.25) is 19.3 Å². The largest absolute Gasteiger partial charge is 0.279 e. The molecule has 30 heavy (non-hydrogen) atoms. The van der Waals surface area contributed by atoms with Crippen molar-refractivity contribution >= 4 is 44.8 Å². The SMILES string of the molecule is O=C1c2c(Cl)ccc(NS(=O)(=O)c3ccc(CF)cc3)c2C(=O)N1c1cccnc1. The van der Waals surface area contributed by atoms with Crippen molar-refractivity contribution in [3.63, 3.8) is 0 Å². The summed E-state index contributed by atoms with van der Waals surface area (Å²) in [6.45, 7) is -0.723. The molecule has 0 spiro atoms. The third-order valence-corrected chi connectivity index (χ3v) is 6.22. The first-order valence-corrected chi connectivity index (χ1v) is 10.5. The van der Waals surface area contributed by atoms with E-state index < -0.39 is 28.5 Å². The Bertz CT molecular complexity index is 1270. The molecular weight excluding hydrogens is 433 g/mol. The van der Waals surface area contributed by atoms with Crippen molar-refractivity contribution in [1.82, 2.24) is 4.98 Å². The van der Waals surface area contributed by atoms with E-state index in [-0.39, 0.29) is 32.4 Å². The van der Waals surface area contributed by atoms with Crippen LogP contribution in [0.4, 0.5) is 15.8 Å². The number of amides is 2. The number of carbonyl (C=O) groups is 2. The smallest absolute Gasteiger partial charge is 0.268 e. The molecule has 0 bridgehead atoms. The molecule has 0 fully saturated rings. The Balaban J connectivity index is 1.76. The van der Waals surface area contributed by atoms with Gasteiger partial charge in [-0.15, -0.1) is 0 Å². The molecule has 3 aromatic rings. The molecule has 0 unspecified atom stereocenters. The van der Waals surface area contributed by atoms with Gasteiger partial charge < -0.3 is 0 Å². The number of anilines is 2. The molecule has 0 saturated heterocycles. The summed E-state index contributed by atoms with van der Waals surface area (Å²) in [5.41, 5.74) is 0.220. The number of nitrogens with one attached hydrogen (secondary N) is 1. The lowest BCUT2D eigenvalue weighted by atomic mass is 10.1. The van der Waals surface area contributed by atoms with Gasteiger partial charge in [0.15, 0.2) is 0 Å². The van der Waals surface area contributed by atoms with Crippen molar-refractivity contribution in [3.8, 4) is 0 Å². The topological polar surface area (TPSA) is 96.4 Å². The second-order valence-electron chi connectivity index (χ2n) is 6.38. The van der Waals surface area contributed by atoms with Crippen LogP contribution in [0, 0.1) is 0 Å². The van der Waals surface area contributed by atoms with Crippen molar-refractivity contribution < 1.29 is 22.4 Å². The maximum Gasteiger partial charge on any atom is 0.268 e. The highest BCUT2D eigenvalue weighted by Crippen LogP contribution is 2.37. The zero-order valence-corrected chi connectivity index (χ0v) is 16.7. The Morgan fingerprint density at radius 3 is 2.33 bits per heavy atom. The van der Waals surface area contributed by atoms with Crippen LogP contribution in [0.1, 0.15) is 26.3 Å². The van der Waals surface area contributed by atoms with Gasteiger partial charge in [0.1, 0.15) is 6.67 Å². The highest BCUT2D eigenvalue weighted by molar-refractivity contribution is 7.92. The number of carbonyl (C=O) groups excluding carboxylic acids is 2. The van der Waals surface area contributed by atoms with E-state index in [0.29, 0.717) is 5.56 Å². The number of hydrogen-bond donors (Lipinski definition) is 1. The maximum atomic E-state index is 13.0. The Morgan fingerprint density at radius 1 is 1.00 bits per heavy atom. The molecule has 1 N–H and O–H groups in total. The van der Waals surface area contributed by atoms with Gasteiger partial charge in [0.2, 0.25) is 0 Å². The molecule has 1 aromatic heterocycles. The molecule has 0 saturated carbocycles. The third kappa shape index (κ3) is 3.31. The van der Waals surface area contributed by atoms with Crippen molar-refractivity contribution in [3.05, 3.63) is 82.6 Å². The molecule has 7 nitrogen and oxygen atoms in total. The van der Waals surface area contributed by atoms with Crippen LogP contribution in [0.15, 0.2) is 65.8 Å². The number of halogens is 2. The molecule has 0 aliphatic carbocycles. The molecule has 2 aromatic carbocycles. The van der Waals surface area contributed by atoms with Crippen LogP contribution in [-0.4, -0.2) is 25.2 Å². The number of aromatic nitrogens is 1. The lowest BCUT2D eigenvalue weighted by Gasteiger charge is -2.13. The molecule has 4 rings (SSSR count). The molecule has 1 aliphatic rings. The lowest BCUT2D eigenvalue weighted by molar-refractivity contribution is 0.0926. The molecule has 0 atom stereocenters. The average Bonchev–Trinajstić information content (AvgIpc) is 3.02. The van der Waals surface area contributed by atoms with E-state index in [2.05, 4.69) is 9.71 Å². The quantitative estimate of drug-likeness (QED) is 0.602. The Kier molecular flexibility index (Phi) is 5.00. The highest BCUT2D eigenvalue weighted by atomic mass is 35.5. The summed E-state index contributed by atoms with van der Waals surface area (Å²) >= 11 is 6.15. The van der Waals surface area contributed by atoms with Crippen LogP contribution in [0.25, 0.3) is 0 Å². The van der Waals surface area contributed by atoms with E-state index in [1.54, 1.807) is 6.07 Å². The summed E-state index contributed by atoms with van der Waals surface area (Å²) in [6.07, 6.45) is 2.83. The Labute approximate surface area is 176 Å². The summed E-state index contributed by atoms with van der Waals surface area (Å²) in [4.78, 5) is 30.6. The average molecular weight is 446 g/mol. The van der Waals surface area contributed by atoms with Gasteiger partial charge in [-0.1, -0.05) is 23.7 Å². The standard InChI is InChI=1S/C20H13ClFN3O4S/c21-15-7-8-16(24-30(28,29)14-5-3-12(10-22)4-6-14)18-17(15)19(26)25(20(18)27)13-2-1-9-23-11-13/h1-9,11,24H,10H2. The van der Waals surface area contributed by atoms with Crippen LogP contribution in [0.3, 0.4) is 0 Å². The second-order valence-corrected chi connectivity index (χ2v) is 8.47. The van der Waals surface area contributed by atoms with Crippen LogP contribution < -0.4 is 9.62 Å². The minimum absolute atomic E-state index is 0.0185. The summed E-state index contributed by atoms with van der Waals surface area (Å²) in [7, 11) is -4.11. The predicted octanol–water partition coefficient (Wildman–Crippen LogP) is 3.81. The van der Waals surface area contributed by atoms with Gasteiger partial charge in [-0.25, -0.2) is 17.7 Å². The molecule has 2 heterocycles. The fourth-order valence-electron chi connectivity index (χ4n) is 3.09. The summed E-state index contributed by atoms with van der Waals surface area (Å²) in [5, 5.41) is 0.0185. The van der Waals surface area contributed by atoms with Crippen molar-refractivity contribution in [2.45, 2.75) is 11.6 Å². The minimum Gasteiger partial charge on any atom is -0.279 e. The number of sulfonamides is 1. The van der Waals surface area contributed by atoms with Gasteiger partial charge >= 0.3 is 0 Å². The molecular formula is C20H13ClFN3O4S. The maximum absolute atomic E-state index is 13.0. The Morgan fingerprint density at radius 2 is 1.70 bits per heavy atom. The van der Waals surface area contributed by atoms with Gasteiger partial charge in [0, 0.05) is 6.20 Å². The first-order chi connectivity index (χ1) is 14.3. The van der Waals surface area contributed by atoms with Crippen LogP contribution in [0.2, 0.25) is 5.02 Å². The van der Waals surface area contributed by atoms with Gasteiger partial charge in [-0.2, -0.15) is 0 Å². The fourth-order valence-corrected chi connectivity index (χ4v) is 4.40. The highest BCUT2D eigenvalue weighted by Gasteiger charge is 2.41. The zero-order valence-electron chi connectivity index (χ0n) is 15.2. The number of benzene rings is 2. The number of fused-ring (bicyclic) bond motifs is 1. The molecule has 1 aliphatic heterocycles. The van der Waals surface area contributed by atoms with Crippen molar-refractivity contribution in [2.24, 2.45) is 0 Å². The van der Waals surface area contributed by atoms with Crippen LogP contribution in [0.5, 0.6) is 0 Å². The molecule has 152 valence electrons. The van der Waals surface area contributed by atoms with Gasteiger partial charge in [0.25, 0.3) is 21.8 Å². The van der Waals surface area contributed by atoms with E-state index >= 15 is 0 Å². The summed E-state index contributed by atoms with van der Waals surface area (Å²) < 4.78 is 40.6. The summed E-state index contributed by atoms with van der Waals surface area (Å²) in [5.74, 6) is -1.41. The normalized spacial score (nSPS) is 13.5. The third-order valence-electron chi connectivity index (χ3n) is 4.52. The monoisotopic (exact) mass is 445 g/mol. The van der Waals surface area contributed by atoms with Crippen LogP contribution >= 0.6 is 11.6 Å². The lowest BCUT2D eigenvalue weighted by Crippen LogP contribution is -2.29. The number of nitrogens with zero attached hydrogens (tertiary/aromatic N) is 2. The number of imide groups is 1. The van der Waals surface area contributed by atoms with Crippen molar-refractivity contribution in [1.29, 1.82) is 0 Å². The van der Waals surface area contributed by atoms with Crippen molar-refractivity contribution in [2.75, 3.05) is 9.62 Å². The first-order valence-electron chi connectivity index (χ1n) is 8.62. The minimum atomic E-state index is -4.11. The predicted molar refractivity (Wildman–Crippen MR) is 109 cm³/mol. The summed E-state index contributed by atoms with van der Waals surface area (Å²) in [6, 6.07) is 10.9. The molecule has 2 amide bonds. The van der Waals surface area contributed by atoms with E-state index in [1.807, 2.05) is 0 Å². The van der Waals surface area contributed by atoms with E-state index in [1.165, 1.54) is 54.9 Å². The van der Waals surface area contributed by atoms with E-state index in [9.17, 15) is 22.4 Å². The van der Waals surface area contributed by atoms with Crippen LogP contribution in [-0.2, 0) is 16.7 Å². The Hall–Kier alpha value is -3.30. The van der Waals surface area contributed by atoms with Gasteiger partial charge in [-0.05, 0) is 42.0 Å². The number of pyridine rings is 1. The molecule has 0 radical (unpaired) electrons. The number of rotatable bonds is 5.